The number of nitrogens with one attached hydrogen (secondary N) is 1. The van der Waals surface area contributed by atoms with Crippen LogP contribution in [0.2, 0.25) is 0 Å². The van der Waals surface area contributed by atoms with Crippen molar-refractivity contribution in [3.05, 3.63) is 28.2 Å². The third-order valence-corrected chi connectivity index (χ3v) is 3.79. The molecule has 0 aliphatic heterocycles. The summed E-state index contributed by atoms with van der Waals surface area (Å²) in [5.41, 5.74) is 0.564. The predicted octanol–water partition coefficient (Wildman–Crippen LogP) is 2.70. The molecule has 0 unspecified atom stereocenters. The highest BCUT2D eigenvalue weighted by atomic mass is 79.9. The van der Waals surface area contributed by atoms with E-state index >= 15 is 0 Å². The van der Waals surface area contributed by atoms with E-state index in [4.69, 9.17) is 4.74 Å². The highest BCUT2D eigenvalue weighted by Crippen LogP contribution is 2.25. The molecule has 2 rings (SSSR count). The zero-order valence-electron chi connectivity index (χ0n) is 10.5. The SMILES string of the molecule is O=Cc1ccc(OCC(=O)NC2CCCC2)c(Br)c1. The highest BCUT2D eigenvalue weighted by Gasteiger charge is 2.17. The van der Waals surface area contributed by atoms with Gasteiger partial charge in [0.25, 0.3) is 5.91 Å². The summed E-state index contributed by atoms with van der Waals surface area (Å²) in [5, 5.41) is 2.96. The van der Waals surface area contributed by atoms with E-state index < -0.39 is 0 Å². The zero-order valence-corrected chi connectivity index (χ0v) is 12.1. The number of halogens is 1. The quantitative estimate of drug-likeness (QED) is 0.847. The lowest BCUT2D eigenvalue weighted by molar-refractivity contribution is -0.123. The van der Waals surface area contributed by atoms with Crippen LogP contribution in [0.25, 0.3) is 0 Å². The lowest BCUT2D eigenvalue weighted by Gasteiger charge is -2.13. The molecular formula is C14H16BrNO3. The minimum Gasteiger partial charge on any atom is -0.483 e. The lowest BCUT2D eigenvalue weighted by Crippen LogP contribution is -2.36. The lowest BCUT2D eigenvalue weighted by atomic mass is 10.2. The Labute approximate surface area is 120 Å². The van der Waals surface area contributed by atoms with Crippen molar-refractivity contribution < 1.29 is 14.3 Å². The molecule has 1 aliphatic carbocycles. The van der Waals surface area contributed by atoms with Crippen LogP contribution in [0.15, 0.2) is 22.7 Å². The molecule has 0 aromatic heterocycles. The van der Waals surface area contributed by atoms with Crippen LogP contribution in [-0.2, 0) is 4.79 Å². The van der Waals surface area contributed by atoms with Gasteiger partial charge in [0.2, 0.25) is 0 Å². The van der Waals surface area contributed by atoms with Gasteiger partial charge in [-0.2, -0.15) is 0 Å². The fourth-order valence-corrected chi connectivity index (χ4v) is 2.70. The average Bonchev–Trinajstić information content (AvgIpc) is 2.90. The van der Waals surface area contributed by atoms with Gasteiger partial charge in [-0.3, -0.25) is 9.59 Å². The van der Waals surface area contributed by atoms with Gasteiger partial charge in [-0.15, -0.1) is 0 Å². The number of hydrogen-bond donors (Lipinski definition) is 1. The number of rotatable bonds is 5. The summed E-state index contributed by atoms with van der Waals surface area (Å²) in [6.07, 6.45) is 5.25. The van der Waals surface area contributed by atoms with Gasteiger partial charge in [-0.05, 0) is 47.0 Å². The Morgan fingerprint density at radius 1 is 1.42 bits per heavy atom. The van der Waals surface area contributed by atoms with Crippen molar-refractivity contribution in [3.63, 3.8) is 0 Å². The number of benzene rings is 1. The van der Waals surface area contributed by atoms with Crippen LogP contribution in [0.3, 0.4) is 0 Å². The Balaban J connectivity index is 1.84. The molecular weight excluding hydrogens is 310 g/mol. The van der Waals surface area contributed by atoms with E-state index in [1.54, 1.807) is 18.2 Å². The van der Waals surface area contributed by atoms with Gasteiger partial charge in [0.1, 0.15) is 12.0 Å². The van der Waals surface area contributed by atoms with E-state index in [2.05, 4.69) is 21.2 Å². The first-order valence-corrected chi connectivity index (χ1v) is 7.15. The molecule has 1 amide bonds. The maximum atomic E-state index is 11.7. The largest absolute Gasteiger partial charge is 0.483 e. The van der Waals surface area contributed by atoms with Gasteiger partial charge in [-0.1, -0.05) is 12.8 Å². The molecule has 1 aromatic rings. The second-order valence-corrected chi connectivity index (χ2v) is 5.50. The Morgan fingerprint density at radius 2 is 2.16 bits per heavy atom. The Hall–Kier alpha value is -1.36. The summed E-state index contributed by atoms with van der Waals surface area (Å²) < 4.78 is 6.11. The van der Waals surface area contributed by atoms with Crippen molar-refractivity contribution in [2.75, 3.05) is 6.61 Å². The molecule has 19 heavy (non-hydrogen) atoms. The van der Waals surface area contributed by atoms with Crippen LogP contribution >= 0.6 is 15.9 Å². The van der Waals surface area contributed by atoms with Crippen LogP contribution in [0.1, 0.15) is 36.0 Å². The molecule has 0 heterocycles. The third kappa shape index (κ3) is 4.06. The summed E-state index contributed by atoms with van der Waals surface area (Å²) in [4.78, 5) is 22.3. The third-order valence-electron chi connectivity index (χ3n) is 3.17. The molecule has 0 atom stereocenters. The van der Waals surface area contributed by atoms with Crippen molar-refractivity contribution in [1.29, 1.82) is 0 Å². The van der Waals surface area contributed by atoms with Gasteiger partial charge >= 0.3 is 0 Å². The zero-order chi connectivity index (χ0) is 13.7. The second kappa shape index (κ2) is 6.70. The molecule has 0 radical (unpaired) electrons. The number of hydrogen-bond acceptors (Lipinski definition) is 3. The predicted molar refractivity (Wildman–Crippen MR) is 75.4 cm³/mol. The first-order chi connectivity index (χ1) is 9.19. The maximum Gasteiger partial charge on any atom is 0.258 e. The molecule has 0 spiro atoms. The van der Waals surface area contributed by atoms with E-state index in [-0.39, 0.29) is 12.5 Å². The molecule has 5 heteroatoms. The molecule has 1 aromatic carbocycles. The van der Waals surface area contributed by atoms with Crippen LogP contribution < -0.4 is 10.1 Å². The first-order valence-electron chi connectivity index (χ1n) is 6.36. The van der Waals surface area contributed by atoms with Crippen molar-refractivity contribution in [2.24, 2.45) is 0 Å². The number of ether oxygens (including phenoxy) is 1. The van der Waals surface area contributed by atoms with Crippen molar-refractivity contribution in [3.8, 4) is 5.75 Å². The highest BCUT2D eigenvalue weighted by molar-refractivity contribution is 9.10. The minimum absolute atomic E-state index is 0.00443. The number of aldehydes is 1. The fourth-order valence-electron chi connectivity index (χ4n) is 2.19. The molecule has 1 fully saturated rings. The molecule has 4 nitrogen and oxygen atoms in total. The molecule has 1 N–H and O–H groups in total. The maximum absolute atomic E-state index is 11.7. The molecule has 0 bridgehead atoms. The monoisotopic (exact) mass is 325 g/mol. The van der Waals surface area contributed by atoms with E-state index in [9.17, 15) is 9.59 Å². The summed E-state index contributed by atoms with van der Waals surface area (Å²) in [6, 6.07) is 5.30. The van der Waals surface area contributed by atoms with E-state index in [0.29, 0.717) is 21.8 Å². The first kappa shape index (κ1) is 14.1. The number of carbonyl (C=O) groups excluding carboxylic acids is 2. The Morgan fingerprint density at radius 3 is 2.79 bits per heavy atom. The second-order valence-electron chi connectivity index (χ2n) is 4.65. The summed E-state index contributed by atoms with van der Waals surface area (Å²) >= 11 is 3.31. The fraction of sp³-hybridized carbons (Fsp3) is 0.429. The number of carbonyl (C=O) groups is 2. The van der Waals surface area contributed by atoms with Crippen LogP contribution in [0.4, 0.5) is 0 Å². The standard InChI is InChI=1S/C14H16BrNO3/c15-12-7-10(8-17)5-6-13(12)19-9-14(18)16-11-3-1-2-4-11/h5-8,11H,1-4,9H2,(H,16,18). The van der Waals surface area contributed by atoms with Gasteiger partial charge in [0.15, 0.2) is 6.61 Å². The molecule has 1 saturated carbocycles. The van der Waals surface area contributed by atoms with Gasteiger partial charge in [-0.25, -0.2) is 0 Å². The van der Waals surface area contributed by atoms with Gasteiger partial charge < -0.3 is 10.1 Å². The van der Waals surface area contributed by atoms with Crippen molar-refractivity contribution in [1.82, 2.24) is 5.32 Å². The van der Waals surface area contributed by atoms with Crippen molar-refractivity contribution >= 4 is 28.1 Å². The van der Waals surface area contributed by atoms with E-state index in [1.165, 1.54) is 12.8 Å². The van der Waals surface area contributed by atoms with Gasteiger partial charge in [0.05, 0.1) is 4.47 Å². The molecule has 1 aliphatic rings. The van der Waals surface area contributed by atoms with E-state index in [1.807, 2.05) is 0 Å². The smallest absolute Gasteiger partial charge is 0.258 e. The summed E-state index contributed by atoms with van der Waals surface area (Å²) in [6.45, 7) is -0.00443. The van der Waals surface area contributed by atoms with Crippen LogP contribution in [-0.4, -0.2) is 24.8 Å². The normalized spacial score (nSPS) is 15.2. The Bertz CT molecular complexity index is 470. The van der Waals surface area contributed by atoms with Gasteiger partial charge in [0, 0.05) is 11.6 Å². The summed E-state index contributed by atoms with van der Waals surface area (Å²) in [7, 11) is 0. The molecule has 0 saturated heterocycles. The van der Waals surface area contributed by atoms with Crippen LogP contribution in [0.5, 0.6) is 5.75 Å². The van der Waals surface area contributed by atoms with E-state index in [0.717, 1.165) is 19.1 Å². The topological polar surface area (TPSA) is 55.4 Å². The average molecular weight is 326 g/mol. The van der Waals surface area contributed by atoms with Crippen molar-refractivity contribution in [2.45, 2.75) is 31.7 Å². The minimum atomic E-state index is -0.0988. The van der Waals surface area contributed by atoms with Crippen LogP contribution in [0, 0.1) is 0 Å². The summed E-state index contributed by atoms with van der Waals surface area (Å²) in [5.74, 6) is 0.463. The molecule has 102 valence electrons. The Kier molecular flexibility index (Phi) is 4.96. The number of amides is 1.